The lowest BCUT2D eigenvalue weighted by molar-refractivity contribution is -0.154. The van der Waals surface area contributed by atoms with Crippen molar-refractivity contribution in [3.8, 4) is 0 Å². The van der Waals surface area contributed by atoms with E-state index >= 15 is 0 Å². The predicted molar refractivity (Wildman–Crippen MR) is 46.9 cm³/mol. The minimum atomic E-state index is -0.235. The fourth-order valence-corrected chi connectivity index (χ4v) is 1.56. The largest absolute Gasteiger partial charge is 0.469 e. The first-order valence-electron chi connectivity index (χ1n) is 4.35. The van der Waals surface area contributed by atoms with Crippen molar-refractivity contribution in [2.24, 2.45) is 5.41 Å². The van der Waals surface area contributed by atoms with Crippen molar-refractivity contribution in [2.75, 3.05) is 27.2 Å². The summed E-state index contributed by atoms with van der Waals surface area (Å²) in [4.78, 5) is 13.6. The maximum Gasteiger partial charge on any atom is 0.311 e. The average Bonchev–Trinajstić information content (AvgIpc) is 2.09. The second kappa shape index (κ2) is 3.44. The number of hydrogen-bond acceptors (Lipinski definition) is 3. The molecule has 0 unspecified atom stereocenters. The Kier molecular flexibility index (Phi) is 2.73. The molecule has 0 aromatic carbocycles. The van der Waals surface area contributed by atoms with Gasteiger partial charge in [0.25, 0.3) is 0 Å². The molecule has 1 heterocycles. The molecule has 0 amide bonds. The number of likely N-dealkylation sites (tertiary alicyclic amines) is 1. The van der Waals surface area contributed by atoms with Gasteiger partial charge < -0.3 is 9.64 Å². The van der Waals surface area contributed by atoms with E-state index in [1.807, 2.05) is 6.92 Å². The molecule has 0 aromatic rings. The monoisotopic (exact) mass is 171 g/mol. The Hall–Kier alpha value is -0.570. The molecule has 0 saturated carbocycles. The fraction of sp³-hybridized carbons (Fsp3) is 0.889. The van der Waals surface area contributed by atoms with Crippen LogP contribution in [0.4, 0.5) is 0 Å². The van der Waals surface area contributed by atoms with Crippen LogP contribution < -0.4 is 0 Å². The van der Waals surface area contributed by atoms with Crippen LogP contribution in [0.2, 0.25) is 0 Å². The molecule has 1 aliphatic rings. The van der Waals surface area contributed by atoms with Gasteiger partial charge in [-0.05, 0) is 39.9 Å². The average molecular weight is 171 g/mol. The Balaban J connectivity index is 2.55. The van der Waals surface area contributed by atoms with Gasteiger partial charge in [-0.2, -0.15) is 0 Å². The third kappa shape index (κ3) is 1.78. The van der Waals surface area contributed by atoms with Crippen LogP contribution in [-0.2, 0) is 9.53 Å². The van der Waals surface area contributed by atoms with Crippen molar-refractivity contribution in [3.05, 3.63) is 0 Å². The number of carbonyl (C=O) groups excluding carboxylic acids is 1. The summed E-state index contributed by atoms with van der Waals surface area (Å²) >= 11 is 0. The molecule has 3 nitrogen and oxygen atoms in total. The number of ether oxygens (including phenoxy) is 1. The highest BCUT2D eigenvalue weighted by atomic mass is 16.5. The minimum Gasteiger partial charge on any atom is -0.469 e. The minimum absolute atomic E-state index is 0.0596. The van der Waals surface area contributed by atoms with Crippen molar-refractivity contribution in [1.29, 1.82) is 0 Å². The van der Waals surface area contributed by atoms with Gasteiger partial charge in [0.15, 0.2) is 0 Å². The van der Waals surface area contributed by atoms with Crippen LogP contribution in [0.5, 0.6) is 0 Å². The van der Waals surface area contributed by atoms with Gasteiger partial charge in [0, 0.05) is 0 Å². The zero-order valence-corrected chi connectivity index (χ0v) is 8.09. The molecule has 0 bridgehead atoms. The van der Waals surface area contributed by atoms with E-state index in [0.717, 1.165) is 25.9 Å². The number of piperidine rings is 1. The van der Waals surface area contributed by atoms with Gasteiger partial charge in [-0.1, -0.05) is 0 Å². The molecule has 0 radical (unpaired) electrons. The number of rotatable bonds is 1. The number of nitrogens with zero attached hydrogens (tertiary/aromatic N) is 1. The zero-order chi connectivity index (χ0) is 9.19. The Morgan fingerprint density at radius 2 is 1.92 bits per heavy atom. The van der Waals surface area contributed by atoms with E-state index in [1.54, 1.807) is 0 Å². The van der Waals surface area contributed by atoms with Crippen molar-refractivity contribution in [1.82, 2.24) is 4.90 Å². The lowest BCUT2D eigenvalue weighted by Crippen LogP contribution is -2.41. The molecule has 0 aromatic heterocycles. The molecule has 1 saturated heterocycles. The maximum atomic E-state index is 11.4. The summed E-state index contributed by atoms with van der Waals surface area (Å²) in [6.45, 7) is 3.98. The highest BCUT2D eigenvalue weighted by Gasteiger charge is 2.36. The lowest BCUT2D eigenvalue weighted by atomic mass is 9.80. The van der Waals surface area contributed by atoms with Gasteiger partial charge in [0.05, 0.1) is 12.5 Å². The molecule has 1 fully saturated rings. The van der Waals surface area contributed by atoms with Crippen LogP contribution in [-0.4, -0.2) is 38.1 Å². The number of hydrogen-bond donors (Lipinski definition) is 0. The summed E-state index contributed by atoms with van der Waals surface area (Å²) in [5.74, 6) is -0.0596. The Morgan fingerprint density at radius 1 is 1.42 bits per heavy atom. The fourth-order valence-electron chi connectivity index (χ4n) is 1.56. The van der Waals surface area contributed by atoms with Crippen LogP contribution in [0, 0.1) is 5.41 Å². The van der Waals surface area contributed by atoms with Gasteiger partial charge in [-0.15, -0.1) is 0 Å². The zero-order valence-electron chi connectivity index (χ0n) is 8.09. The maximum absolute atomic E-state index is 11.4. The molecule has 0 N–H and O–H groups in total. The van der Waals surface area contributed by atoms with E-state index in [1.165, 1.54) is 7.11 Å². The van der Waals surface area contributed by atoms with E-state index in [-0.39, 0.29) is 11.4 Å². The van der Waals surface area contributed by atoms with Crippen LogP contribution in [0.15, 0.2) is 0 Å². The molecule has 70 valence electrons. The molecule has 12 heavy (non-hydrogen) atoms. The second-order valence-electron chi connectivity index (χ2n) is 3.86. The van der Waals surface area contributed by atoms with E-state index in [4.69, 9.17) is 4.74 Å². The van der Waals surface area contributed by atoms with Crippen molar-refractivity contribution >= 4 is 5.97 Å². The van der Waals surface area contributed by atoms with E-state index in [2.05, 4.69) is 11.9 Å². The van der Waals surface area contributed by atoms with Gasteiger partial charge in [0.2, 0.25) is 0 Å². The lowest BCUT2D eigenvalue weighted by Gasteiger charge is -2.35. The molecule has 0 atom stereocenters. The van der Waals surface area contributed by atoms with Crippen molar-refractivity contribution in [3.63, 3.8) is 0 Å². The molecular formula is C9H17NO2. The van der Waals surface area contributed by atoms with Gasteiger partial charge in [0.1, 0.15) is 0 Å². The van der Waals surface area contributed by atoms with Crippen molar-refractivity contribution in [2.45, 2.75) is 19.8 Å². The van der Waals surface area contributed by atoms with Gasteiger partial charge >= 0.3 is 5.97 Å². The Bertz CT molecular complexity index is 171. The summed E-state index contributed by atoms with van der Waals surface area (Å²) < 4.78 is 4.77. The van der Waals surface area contributed by atoms with Crippen LogP contribution in [0.3, 0.4) is 0 Å². The Morgan fingerprint density at radius 3 is 2.33 bits per heavy atom. The highest BCUT2D eigenvalue weighted by Crippen LogP contribution is 2.31. The van der Waals surface area contributed by atoms with E-state index in [9.17, 15) is 4.79 Å². The summed E-state index contributed by atoms with van der Waals surface area (Å²) in [5.41, 5.74) is -0.235. The van der Waals surface area contributed by atoms with Crippen LogP contribution in [0.1, 0.15) is 19.8 Å². The highest BCUT2D eigenvalue weighted by molar-refractivity contribution is 5.76. The molecule has 1 aliphatic heterocycles. The topological polar surface area (TPSA) is 29.5 Å². The summed E-state index contributed by atoms with van der Waals surface area (Å²) in [6.07, 6.45) is 1.83. The molecular weight excluding hydrogens is 154 g/mol. The summed E-state index contributed by atoms with van der Waals surface area (Å²) in [7, 11) is 3.54. The Labute approximate surface area is 73.7 Å². The number of esters is 1. The molecule has 0 aliphatic carbocycles. The predicted octanol–water partition coefficient (Wildman–Crippen LogP) is 0.891. The molecule has 0 spiro atoms. The SMILES string of the molecule is COC(=O)C1(C)CCN(C)CC1. The standard InChI is InChI=1S/C9H17NO2/c1-9(8(11)12-3)4-6-10(2)7-5-9/h4-7H2,1-3H3. The number of methoxy groups -OCH3 is 1. The third-order valence-electron chi connectivity index (χ3n) is 2.77. The molecule has 1 rings (SSSR count). The normalized spacial score (nSPS) is 23.6. The van der Waals surface area contributed by atoms with E-state index in [0.29, 0.717) is 0 Å². The van der Waals surface area contributed by atoms with Crippen molar-refractivity contribution < 1.29 is 9.53 Å². The first kappa shape index (κ1) is 9.52. The van der Waals surface area contributed by atoms with Gasteiger partial charge in [-0.25, -0.2) is 0 Å². The first-order valence-corrected chi connectivity index (χ1v) is 4.35. The smallest absolute Gasteiger partial charge is 0.311 e. The summed E-state index contributed by atoms with van der Waals surface area (Å²) in [6, 6.07) is 0. The first-order chi connectivity index (χ1) is 5.58. The van der Waals surface area contributed by atoms with Crippen LogP contribution >= 0.6 is 0 Å². The van der Waals surface area contributed by atoms with Crippen LogP contribution in [0.25, 0.3) is 0 Å². The van der Waals surface area contributed by atoms with Gasteiger partial charge in [-0.3, -0.25) is 4.79 Å². The third-order valence-corrected chi connectivity index (χ3v) is 2.77. The quantitative estimate of drug-likeness (QED) is 0.549. The van der Waals surface area contributed by atoms with E-state index < -0.39 is 0 Å². The molecule has 3 heteroatoms. The second-order valence-corrected chi connectivity index (χ2v) is 3.86. The summed E-state index contributed by atoms with van der Waals surface area (Å²) in [5, 5.41) is 0. The number of carbonyl (C=O) groups is 1.